The van der Waals surface area contributed by atoms with Gasteiger partial charge in [0.1, 0.15) is 0 Å². The van der Waals surface area contributed by atoms with Crippen LogP contribution in [-0.4, -0.2) is 23.5 Å². The van der Waals surface area contributed by atoms with E-state index in [-0.39, 0.29) is 6.42 Å². The Balaban J connectivity index is 1.54. The molecule has 0 saturated heterocycles. The summed E-state index contributed by atoms with van der Waals surface area (Å²) in [5, 5.41) is 3.82. The lowest BCUT2D eigenvalue weighted by atomic mass is 10.1. The van der Waals surface area contributed by atoms with Crippen LogP contribution in [0.25, 0.3) is 10.2 Å². The van der Waals surface area contributed by atoms with Crippen molar-refractivity contribution in [3.63, 3.8) is 0 Å². The highest BCUT2D eigenvalue weighted by Crippen LogP contribution is 2.26. The molecule has 1 aromatic heterocycles. The number of anilines is 1. The first-order valence-corrected chi connectivity index (χ1v) is 8.84. The summed E-state index contributed by atoms with van der Waals surface area (Å²) in [6, 6.07) is 12.5. The number of hydrogen-bond acceptors (Lipinski definition) is 5. The van der Waals surface area contributed by atoms with Crippen LogP contribution in [0.5, 0.6) is 0 Å². The van der Waals surface area contributed by atoms with E-state index in [1.807, 2.05) is 24.3 Å². The van der Waals surface area contributed by atoms with E-state index in [0.29, 0.717) is 20.7 Å². The number of carbonyl (C=O) groups is 2. The van der Waals surface area contributed by atoms with Gasteiger partial charge in [0.25, 0.3) is 5.91 Å². The van der Waals surface area contributed by atoms with Gasteiger partial charge >= 0.3 is 5.97 Å². The number of thiazole rings is 1. The van der Waals surface area contributed by atoms with Crippen molar-refractivity contribution in [1.82, 2.24) is 4.98 Å². The Morgan fingerprint density at radius 3 is 2.52 bits per heavy atom. The van der Waals surface area contributed by atoms with Crippen LogP contribution < -0.4 is 5.32 Å². The van der Waals surface area contributed by atoms with Crippen molar-refractivity contribution in [2.75, 3.05) is 11.9 Å². The minimum absolute atomic E-state index is 0.104. The zero-order valence-electron chi connectivity index (χ0n) is 12.8. The number of fused-ring (bicyclic) bond motifs is 1. The normalized spacial score (nSPS) is 10.6. The number of halogens is 2. The monoisotopic (exact) mass is 394 g/mol. The lowest BCUT2D eigenvalue weighted by molar-refractivity contribution is -0.146. The number of amides is 1. The molecular formula is C17H12Cl2N2O3S. The summed E-state index contributed by atoms with van der Waals surface area (Å²) in [5.41, 5.74) is 1.27. The molecule has 0 aliphatic carbocycles. The van der Waals surface area contributed by atoms with Crippen LogP contribution in [-0.2, 0) is 20.7 Å². The third-order valence-corrected chi connectivity index (χ3v) is 4.95. The molecule has 1 amide bonds. The summed E-state index contributed by atoms with van der Waals surface area (Å²) in [4.78, 5) is 28.1. The number of carbonyl (C=O) groups excluding carboxylic acids is 2. The van der Waals surface area contributed by atoms with E-state index in [1.165, 1.54) is 11.3 Å². The lowest BCUT2D eigenvalue weighted by Crippen LogP contribution is -2.21. The summed E-state index contributed by atoms with van der Waals surface area (Å²) in [7, 11) is 0. The Morgan fingerprint density at radius 1 is 1.08 bits per heavy atom. The van der Waals surface area contributed by atoms with Crippen LogP contribution >= 0.6 is 34.5 Å². The Labute approximate surface area is 157 Å². The molecule has 3 aromatic rings. The molecule has 0 aliphatic rings. The van der Waals surface area contributed by atoms with Crippen molar-refractivity contribution in [3.8, 4) is 0 Å². The number of para-hydroxylation sites is 1. The van der Waals surface area contributed by atoms with Crippen molar-refractivity contribution >= 4 is 61.8 Å². The maximum atomic E-state index is 11.9. The van der Waals surface area contributed by atoms with E-state index in [2.05, 4.69) is 10.3 Å². The van der Waals surface area contributed by atoms with Crippen LogP contribution in [0.4, 0.5) is 5.13 Å². The van der Waals surface area contributed by atoms with Gasteiger partial charge in [0.05, 0.1) is 16.6 Å². The maximum absolute atomic E-state index is 11.9. The Hall–Kier alpha value is -2.15. The van der Waals surface area contributed by atoms with Gasteiger partial charge in [-0.3, -0.25) is 14.9 Å². The van der Waals surface area contributed by atoms with Gasteiger partial charge in [0.15, 0.2) is 11.7 Å². The fourth-order valence-electron chi connectivity index (χ4n) is 2.12. The summed E-state index contributed by atoms with van der Waals surface area (Å²) in [6.07, 6.45) is -0.104. The van der Waals surface area contributed by atoms with Crippen LogP contribution in [0.2, 0.25) is 10.0 Å². The van der Waals surface area contributed by atoms with Crippen molar-refractivity contribution < 1.29 is 14.3 Å². The summed E-state index contributed by atoms with van der Waals surface area (Å²) in [6.45, 7) is -0.406. The van der Waals surface area contributed by atoms with Crippen LogP contribution in [0.1, 0.15) is 5.56 Å². The van der Waals surface area contributed by atoms with E-state index in [4.69, 9.17) is 27.9 Å². The zero-order chi connectivity index (χ0) is 17.8. The Bertz CT molecular complexity index is 889. The fraction of sp³-hybridized carbons (Fsp3) is 0.118. The van der Waals surface area contributed by atoms with E-state index in [9.17, 15) is 9.59 Å². The molecule has 0 unspecified atom stereocenters. The standard InChI is InChI=1S/C17H12Cl2N2O3S/c18-11-4-3-5-12(19)10(11)8-16(23)24-9-15(22)21-17-20-13-6-1-2-7-14(13)25-17/h1-7H,8-9H2,(H,20,21,22). The second-order valence-corrected chi connectivity index (χ2v) is 6.92. The quantitative estimate of drug-likeness (QED) is 0.653. The minimum atomic E-state index is -0.588. The van der Waals surface area contributed by atoms with Gasteiger partial charge in [0, 0.05) is 15.6 Å². The van der Waals surface area contributed by atoms with Gasteiger partial charge in [-0.2, -0.15) is 0 Å². The molecule has 1 heterocycles. The van der Waals surface area contributed by atoms with Gasteiger partial charge in [-0.25, -0.2) is 4.98 Å². The molecule has 8 heteroatoms. The van der Waals surface area contributed by atoms with Crippen molar-refractivity contribution in [2.45, 2.75) is 6.42 Å². The number of nitrogens with zero attached hydrogens (tertiary/aromatic N) is 1. The predicted molar refractivity (Wildman–Crippen MR) is 99.4 cm³/mol. The number of hydrogen-bond donors (Lipinski definition) is 1. The molecule has 3 rings (SSSR count). The van der Waals surface area contributed by atoms with Gasteiger partial charge < -0.3 is 4.74 Å². The molecule has 5 nitrogen and oxygen atoms in total. The van der Waals surface area contributed by atoms with Crippen molar-refractivity contribution in [2.24, 2.45) is 0 Å². The molecule has 0 fully saturated rings. The largest absolute Gasteiger partial charge is 0.455 e. The first-order chi connectivity index (χ1) is 12.0. The van der Waals surface area contributed by atoms with Crippen LogP contribution in [0, 0.1) is 0 Å². The molecule has 0 radical (unpaired) electrons. The molecule has 0 spiro atoms. The number of esters is 1. The fourth-order valence-corrected chi connectivity index (χ4v) is 3.54. The third-order valence-electron chi connectivity index (χ3n) is 3.29. The van der Waals surface area contributed by atoms with Crippen molar-refractivity contribution in [3.05, 3.63) is 58.1 Å². The van der Waals surface area contributed by atoms with E-state index >= 15 is 0 Å². The molecule has 25 heavy (non-hydrogen) atoms. The number of aromatic nitrogens is 1. The molecule has 0 saturated carbocycles. The lowest BCUT2D eigenvalue weighted by Gasteiger charge is -2.07. The van der Waals surface area contributed by atoms with Gasteiger partial charge in [-0.05, 0) is 24.3 Å². The first-order valence-electron chi connectivity index (χ1n) is 7.27. The number of ether oxygens (including phenoxy) is 1. The third kappa shape index (κ3) is 4.48. The second-order valence-electron chi connectivity index (χ2n) is 5.07. The zero-order valence-corrected chi connectivity index (χ0v) is 15.1. The van der Waals surface area contributed by atoms with Gasteiger partial charge in [-0.15, -0.1) is 0 Å². The topological polar surface area (TPSA) is 68.3 Å². The first kappa shape index (κ1) is 17.7. The highest BCUT2D eigenvalue weighted by molar-refractivity contribution is 7.22. The van der Waals surface area contributed by atoms with E-state index in [0.717, 1.165) is 10.2 Å². The molecule has 0 atom stereocenters. The molecule has 2 aromatic carbocycles. The SMILES string of the molecule is O=C(COC(=O)Cc1c(Cl)cccc1Cl)Nc1nc2ccccc2s1. The molecule has 1 N–H and O–H groups in total. The van der Waals surface area contributed by atoms with E-state index < -0.39 is 18.5 Å². The van der Waals surface area contributed by atoms with Crippen LogP contribution in [0.3, 0.4) is 0 Å². The highest BCUT2D eigenvalue weighted by Gasteiger charge is 2.14. The molecule has 0 bridgehead atoms. The number of rotatable bonds is 5. The van der Waals surface area contributed by atoms with E-state index in [1.54, 1.807) is 18.2 Å². The Kier molecular flexibility index (Phi) is 5.53. The molecule has 128 valence electrons. The Morgan fingerprint density at radius 2 is 1.80 bits per heavy atom. The number of nitrogens with one attached hydrogen (secondary N) is 1. The number of benzene rings is 2. The highest BCUT2D eigenvalue weighted by atomic mass is 35.5. The minimum Gasteiger partial charge on any atom is -0.455 e. The smallest absolute Gasteiger partial charge is 0.310 e. The van der Waals surface area contributed by atoms with Gasteiger partial charge in [0.2, 0.25) is 0 Å². The summed E-state index contributed by atoms with van der Waals surface area (Å²) in [5.74, 6) is -1.05. The molecular weight excluding hydrogens is 383 g/mol. The van der Waals surface area contributed by atoms with Gasteiger partial charge in [-0.1, -0.05) is 52.7 Å². The maximum Gasteiger partial charge on any atom is 0.310 e. The second kappa shape index (κ2) is 7.82. The summed E-state index contributed by atoms with van der Waals surface area (Å²) < 4.78 is 5.93. The van der Waals surface area contributed by atoms with Crippen molar-refractivity contribution in [1.29, 1.82) is 0 Å². The average molecular weight is 395 g/mol. The van der Waals surface area contributed by atoms with Crippen LogP contribution in [0.15, 0.2) is 42.5 Å². The molecule has 0 aliphatic heterocycles. The average Bonchev–Trinajstić information content (AvgIpc) is 2.98. The predicted octanol–water partition coefficient (Wildman–Crippen LogP) is 4.33. The summed E-state index contributed by atoms with van der Waals surface area (Å²) >= 11 is 13.4.